The molecule has 3 nitrogen and oxygen atoms in total. The first-order chi connectivity index (χ1) is 9.72. The maximum atomic E-state index is 5.99. The number of rotatable bonds is 4. The first kappa shape index (κ1) is 13.8. The molecule has 0 radical (unpaired) electrons. The monoisotopic (exact) mass is 309 g/mol. The molecule has 0 amide bonds. The molecule has 0 saturated heterocycles. The van der Waals surface area contributed by atoms with Crippen LogP contribution in [-0.2, 0) is 6.54 Å². The number of hydrogen-bond donors (Lipinski definition) is 1. The van der Waals surface area contributed by atoms with E-state index < -0.39 is 0 Å². The molecular weight excluding hydrogens is 293 g/mol. The average Bonchev–Trinajstić information content (AvgIpc) is 3.09. The van der Waals surface area contributed by atoms with E-state index in [9.17, 15) is 0 Å². The molecule has 106 valence electrons. The summed E-state index contributed by atoms with van der Waals surface area (Å²) in [6, 6.07) is 8.21. The number of benzene rings is 1. The van der Waals surface area contributed by atoms with Crippen LogP contribution in [0.2, 0.25) is 10.0 Å². The minimum atomic E-state index is 0.563. The van der Waals surface area contributed by atoms with Crippen LogP contribution in [0.3, 0.4) is 0 Å². The highest BCUT2D eigenvalue weighted by molar-refractivity contribution is 6.42. The SMILES string of the molecule is Clc1ccc(NCc2ccn(C3CCCC3)n2)cc1Cl. The van der Waals surface area contributed by atoms with Gasteiger partial charge in [-0.15, -0.1) is 0 Å². The summed E-state index contributed by atoms with van der Waals surface area (Å²) < 4.78 is 2.11. The minimum Gasteiger partial charge on any atom is -0.379 e. The fourth-order valence-electron chi connectivity index (χ4n) is 2.64. The molecule has 1 aromatic carbocycles. The maximum Gasteiger partial charge on any atom is 0.0815 e. The second-order valence-electron chi connectivity index (χ2n) is 5.21. The van der Waals surface area contributed by atoms with Crippen LogP contribution in [-0.4, -0.2) is 9.78 Å². The molecule has 5 heteroatoms. The predicted octanol–water partition coefficient (Wildman–Crippen LogP) is 4.92. The van der Waals surface area contributed by atoms with Gasteiger partial charge >= 0.3 is 0 Å². The summed E-state index contributed by atoms with van der Waals surface area (Å²) in [5.74, 6) is 0. The molecule has 1 aliphatic carbocycles. The van der Waals surface area contributed by atoms with E-state index in [1.165, 1.54) is 25.7 Å². The third-order valence-electron chi connectivity index (χ3n) is 3.76. The van der Waals surface area contributed by atoms with Crippen molar-refractivity contribution in [1.29, 1.82) is 0 Å². The van der Waals surface area contributed by atoms with Gasteiger partial charge in [0.1, 0.15) is 0 Å². The molecule has 1 heterocycles. The maximum absolute atomic E-state index is 5.99. The van der Waals surface area contributed by atoms with Crippen molar-refractivity contribution < 1.29 is 0 Å². The third kappa shape index (κ3) is 3.10. The second kappa shape index (κ2) is 6.06. The summed E-state index contributed by atoms with van der Waals surface area (Å²) in [5, 5.41) is 9.09. The van der Waals surface area contributed by atoms with Crippen LogP contribution in [0.4, 0.5) is 5.69 Å². The van der Waals surface area contributed by atoms with Gasteiger partial charge in [-0.3, -0.25) is 4.68 Å². The highest BCUT2D eigenvalue weighted by atomic mass is 35.5. The largest absolute Gasteiger partial charge is 0.379 e. The molecule has 0 unspecified atom stereocenters. The van der Waals surface area contributed by atoms with Crippen LogP contribution in [0, 0.1) is 0 Å². The molecule has 0 aliphatic heterocycles. The normalized spacial score (nSPS) is 15.7. The Morgan fingerprint density at radius 3 is 2.70 bits per heavy atom. The zero-order valence-electron chi connectivity index (χ0n) is 11.1. The smallest absolute Gasteiger partial charge is 0.0815 e. The summed E-state index contributed by atoms with van der Waals surface area (Å²) in [4.78, 5) is 0. The Balaban J connectivity index is 1.61. The Morgan fingerprint density at radius 2 is 1.95 bits per heavy atom. The Labute approximate surface area is 128 Å². The van der Waals surface area contributed by atoms with Crippen LogP contribution in [0.5, 0.6) is 0 Å². The lowest BCUT2D eigenvalue weighted by atomic mass is 10.3. The van der Waals surface area contributed by atoms with Crippen LogP contribution >= 0.6 is 23.2 Å². The van der Waals surface area contributed by atoms with Crippen molar-refractivity contribution in [2.75, 3.05) is 5.32 Å². The van der Waals surface area contributed by atoms with Crippen molar-refractivity contribution in [3.63, 3.8) is 0 Å². The molecule has 0 atom stereocenters. The van der Waals surface area contributed by atoms with Gasteiger partial charge in [0, 0.05) is 11.9 Å². The standard InChI is InChI=1S/C15H17Cl2N3/c16-14-6-5-11(9-15(14)17)18-10-12-7-8-20(19-12)13-3-1-2-4-13/h5-9,13,18H,1-4,10H2. The quantitative estimate of drug-likeness (QED) is 0.869. The van der Waals surface area contributed by atoms with Gasteiger partial charge in [0.05, 0.1) is 28.3 Å². The summed E-state index contributed by atoms with van der Waals surface area (Å²) in [7, 11) is 0. The topological polar surface area (TPSA) is 29.9 Å². The summed E-state index contributed by atoms with van der Waals surface area (Å²) in [6.45, 7) is 0.692. The van der Waals surface area contributed by atoms with E-state index in [1.54, 1.807) is 6.07 Å². The molecule has 3 rings (SSSR count). The van der Waals surface area contributed by atoms with Crippen molar-refractivity contribution in [3.8, 4) is 0 Å². The van der Waals surface area contributed by atoms with Crippen LogP contribution < -0.4 is 5.32 Å². The Kier molecular flexibility index (Phi) is 4.18. The van der Waals surface area contributed by atoms with E-state index in [-0.39, 0.29) is 0 Å². The number of nitrogens with one attached hydrogen (secondary N) is 1. The third-order valence-corrected chi connectivity index (χ3v) is 4.49. The lowest BCUT2D eigenvalue weighted by molar-refractivity contribution is 0.463. The van der Waals surface area contributed by atoms with Crippen molar-refractivity contribution in [2.45, 2.75) is 38.3 Å². The molecule has 1 aliphatic rings. The summed E-state index contributed by atoms with van der Waals surface area (Å²) in [5.41, 5.74) is 2.00. The van der Waals surface area contributed by atoms with Gasteiger partial charge in [-0.2, -0.15) is 5.10 Å². The number of anilines is 1. The molecule has 0 spiro atoms. The van der Waals surface area contributed by atoms with Gasteiger partial charge in [0.2, 0.25) is 0 Å². The molecule has 1 saturated carbocycles. The zero-order chi connectivity index (χ0) is 13.9. The zero-order valence-corrected chi connectivity index (χ0v) is 12.7. The lowest BCUT2D eigenvalue weighted by Crippen LogP contribution is -2.07. The molecule has 1 aromatic heterocycles. The van der Waals surface area contributed by atoms with Gasteiger partial charge in [-0.25, -0.2) is 0 Å². The molecule has 1 N–H and O–H groups in total. The molecular formula is C15H17Cl2N3. The van der Waals surface area contributed by atoms with Gasteiger partial charge in [-0.05, 0) is 37.1 Å². The first-order valence-corrected chi connectivity index (χ1v) is 7.71. The summed E-state index contributed by atoms with van der Waals surface area (Å²) >= 11 is 11.9. The minimum absolute atomic E-state index is 0.563. The highest BCUT2D eigenvalue weighted by Crippen LogP contribution is 2.29. The van der Waals surface area contributed by atoms with E-state index in [4.69, 9.17) is 23.2 Å². The van der Waals surface area contributed by atoms with E-state index >= 15 is 0 Å². The number of hydrogen-bond acceptors (Lipinski definition) is 2. The van der Waals surface area contributed by atoms with Crippen molar-refractivity contribution in [3.05, 3.63) is 46.2 Å². The summed E-state index contributed by atoms with van der Waals surface area (Å²) in [6.07, 6.45) is 7.23. The van der Waals surface area contributed by atoms with Gasteiger partial charge in [0.15, 0.2) is 0 Å². The van der Waals surface area contributed by atoms with Gasteiger partial charge in [-0.1, -0.05) is 36.0 Å². The second-order valence-corrected chi connectivity index (χ2v) is 6.02. The molecule has 20 heavy (non-hydrogen) atoms. The van der Waals surface area contributed by atoms with Gasteiger partial charge in [0.25, 0.3) is 0 Å². The fraction of sp³-hybridized carbons (Fsp3) is 0.400. The molecule has 1 fully saturated rings. The Hall–Kier alpha value is -1.19. The molecule has 0 bridgehead atoms. The Bertz CT molecular complexity index is 589. The van der Waals surface area contributed by atoms with Crippen LogP contribution in [0.15, 0.2) is 30.5 Å². The van der Waals surface area contributed by atoms with E-state index in [0.29, 0.717) is 22.6 Å². The van der Waals surface area contributed by atoms with E-state index in [2.05, 4.69) is 27.4 Å². The number of nitrogens with zero attached hydrogens (tertiary/aromatic N) is 2. The van der Waals surface area contributed by atoms with Crippen molar-refractivity contribution in [2.24, 2.45) is 0 Å². The van der Waals surface area contributed by atoms with Crippen LogP contribution in [0.25, 0.3) is 0 Å². The Morgan fingerprint density at radius 1 is 1.15 bits per heavy atom. The average molecular weight is 310 g/mol. The first-order valence-electron chi connectivity index (χ1n) is 6.95. The molecule has 2 aromatic rings. The van der Waals surface area contributed by atoms with E-state index in [1.807, 2.05) is 12.1 Å². The highest BCUT2D eigenvalue weighted by Gasteiger charge is 2.17. The lowest BCUT2D eigenvalue weighted by Gasteiger charge is -2.09. The fourth-order valence-corrected chi connectivity index (χ4v) is 2.94. The number of aromatic nitrogens is 2. The predicted molar refractivity (Wildman–Crippen MR) is 83.5 cm³/mol. The number of halogens is 2. The van der Waals surface area contributed by atoms with Crippen molar-refractivity contribution in [1.82, 2.24) is 9.78 Å². The van der Waals surface area contributed by atoms with Crippen LogP contribution in [0.1, 0.15) is 37.4 Å². The van der Waals surface area contributed by atoms with Crippen molar-refractivity contribution >= 4 is 28.9 Å². The van der Waals surface area contributed by atoms with Gasteiger partial charge < -0.3 is 5.32 Å². The van der Waals surface area contributed by atoms with E-state index in [0.717, 1.165) is 11.4 Å².